The number of primary amides is 1. The van der Waals surface area contributed by atoms with E-state index >= 15 is 0 Å². The molecule has 0 aliphatic carbocycles. The smallest absolute Gasteiger partial charge is 0.264 e. The highest BCUT2D eigenvalue weighted by molar-refractivity contribution is 8.00. The Morgan fingerprint density at radius 2 is 2.08 bits per heavy atom. The molecular formula is C14H14Cl2N4O4S2. The number of nitrogens with two attached hydrogens (primary N) is 1. The fourth-order valence-electron chi connectivity index (χ4n) is 1.74. The van der Waals surface area contributed by atoms with Crippen LogP contribution in [0.25, 0.3) is 0 Å². The maximum Gasteiger partial charge on any atom is 0.264 e. The molecule has 1 aromatic carbocycles. The van der Waals surface area contributed by atoms with Crippen LogP contribution in [-0.2, 0) is 14.8 Å². The SMILES string of the molecule is COc1nc(SC(C)C(N)=O)cnc1NS(=O)(=O)c1cccc(Cl)c1Cl. The molecule has 0 aliphatic heterocycles. The predicted molar refractivity (Wildman–Crippen MR) is 100 cm³/mol. The van der Waals surface area contributed by atoms with E-state index in [0.29, 0.717) is 5.03 Å². The van der Waals surface area contributed by atoms with Crippen molar-refractivity contribution in [3.63, 3.8) is 0 Å². The molecule has 1 heterocycles. The van der Waals surface area contributed by atoms with Crippen LogP contribution in [0.4, 0.5) is 5.82 Å². The Morgan fingerprint density at radius 3 is 2.69 bits per heavy atom. The van der Waals surface area contributed by atoms with Gasteiger partial charge in [0.15, 0.2) is 0 Å². The van der Waals surface area contributed by atoms with Gasteiger partial charge in [0.25, 0.3) is 15.9 Å². The number of rotatable bonds is 7. The molecule has 1 aromatic heterocycles. The van der Waals surface area contributed by atoms with E-state index in [1.807, 2.05) is 0 Å². The van der Waals surface area contributed by atoms with Gasteiger partial charge >= 0.3 is 0 Å². The molecule has 12 heteroatoms. The van der Waals surface area contributed by atoms with E-state index in [1.165, 1.54) is 31.5 Å². The van der Waals surface area contributed by atoms with Gasteiger partial charge in [0.2, 0.25) is 11.7 Å². The minimum absolute atomic E-state index is 0.0756. The molecule has 26 heavy (non-hydrogen) atoms. The van der Waals surface area contributed by atoms with Crippen molar-refractivity contribution in [3.8, 4) is 5.88 Å². The Labute approximate surface area is 164 Å². The number of hydrogen-bond donors (Lipinski definition) is 2. The van der Waals surface area contributed by atoms with E-state index < -0.39 is 21.2 Å². The minimum Gasteiger partial charge on any atom is -0.478 e. The number of carbonyl (C=O) groups excluding carboxylic acids is 1. The number of anilines is 1. The van der Waals surface area contributed by atoms with Gasteiger partial charge in [0, 0.05) is 0 Å². The average Bonchev–Trinajstić information content (AvgIpc) is 2.58. The third-order valence-corrected chi connectivity index (χ3v) is 6.38. The minimum atomic E-state index is -4.08. The quantitative estimate of drug-likeness (QED) is 0.638. The number of aromatic nitrogens is 2. The molecule has 1 unspecified atom stereocenters. The van der Waals surface area contributed by atoms with Crippen molar-refractivity contribution in [1.29, 1.82) is 0 Å². The first-order valence-corrected chi connectivity index (χ1v) is 10.1. The zero-order valence-electron chi connectivity index (χ0n) is 13.6. The number of carbonyl (C=O) groups is 1. The van der Waals surface area contributed by atoms with Crippen molar-refractivity contribution >= 4 is 56.7 Å². The first-order valence-electron chi connectivity index (χ1n) is 6.99. The third-order valence-electron chi connectivity index (χ3n) is 3.05. The summed E-state index contributed by atoms with van der Waals surface area (Å²) in [6.45, 7) is 1.61. The van der Waals surface area contributed by atoms with Gasteiger partial charge in [-0.2, -0.15) is 0 Å². The zero-order valence-corrected chi connectivity index (χ0v) is 16.7. The molecule has 8 nitrogen and oxygen atoms in total. The van der Waals surface area contributed by atoms with Crippen molar-refractivity contribution in [1.82, 2.24) is 9.97 Å². The average molecular weight is 437 g/mol. The number of methoxy groups -OCH3 is 1. The first-order chi connectivity index (χ1) is 12.2. The predicted octanol–water partition coefficient (Wildman–Crippen LogP) is 2.56. The highest BCUT2D eigenvalue weighted by atomic mass is 35.5. The standard InChI is InChI=1S/C14H14Cl2N4O4S2/c1-7(12(17)21)25-10-6-18-13(14(19-10)24-2)20-26(22,23)9-5-3-4-8(15)11(9)16/h3-7H,1-2H3,(H2,17,21)(H,18,20). The monoisotopic (exact) mass is 436 g/mol. The van der Waals surface area contributed by atoms with E-state index in [0.717, 1.165) is 11.8 Å². The van der Waals surface area contributed by atoms with Crippen LogP contribution in [-0.4, -0.2) is 36.7 Å². The normalized spacial score (nSPS) is 12.5. The van der Waals surface area contributed by atoms with Gasteiger partial charge < -0.3 is 10.5 Å². The largest absolute Gasteiger partial charge is 0.478 e. The molecule has 0 fully saturated rings. The number of hydrogen-bond acceptors (Lipinski definition) is 7. The Hall–Kier alpha value is -1.75. The van der Waals surface area contributed by atoms with E-state index in [2.05, 4.69) is 14.7 Å². The number of thioether (sulfide) groups is 1. The summed E-state index contributed by atoms with van der Waals surface area (Å²) in [5, 5.41) is -0.213. The lowest BCUT2D eigenvalue weighted by molar-refractivity contribution is -0.117. The summed E-state index contributed by atoms with van der Waals surface area (Å²) < 4.78 is 32.4. The molecule has 0 radical (unpaired) electrons. The van der Waals surface area contributed by atoms with E-state index in [1.54, 1.807) is 6.92 Å². The molecule has 3 N–H and O–H groups in total. The van der Waals surface area contributed by atoms with Crippen molar-refractivity contribution in [2.24, 2.45) is 5.73 Å². The summed E-state index contributed by atoms with van der Waals surface area (Å²) in [4.78, 5) is 19.0. The molecule has 0 saturated carbocycles. The lowest BCUT2D eigenvalue weighted by Crippen LogP contribution is -2.22. The maximum atomic E-state index is 12.6. The third kappa shape index (κ3) is 4.70. The van der Waals surface area contributed by atoms with Crippen molar-refractivity contribution in [2.75, 3.05) is 11.8 Å². The van der Waals surface area contributed by atoms with Crippen LogP contribution in [0.3, 0.4) is 0 Å². The lowest BCUT2D eigenvalue weighted by atomic mass is 10.4. The second-order valence-corrected chi connectivity index (χ2v) is 8.68. The summed E-state index contributed by atoms with van der Waals surface area (Å²) >= 11 is 12.9. The van der Waals surface area contributed by atoms with Crippen LogP contribution in [0.15, 0.2) is 34.3 Å². The molecular weight excluding hydrogens is 423 g/mol. The van der Waals surface area contributed by atoms with E-state index in [9.17, 15) is 13.2 Å². The Morgan fingerprint density at radius 1 is 1.38 bits per heavy atom. The zero-order chi connectivity index (χ0) is 19.5. The molecule has 0 bridgehead atoms. The van der Waals surface area contributed by atoms with Crippen molar-refractivity contribution in [2.45, 2.75) is 22.1 Å². The summed E-state index contributed by atoms with van der Waals surface area (Å²) in [6.07, 6.45) is 1.30. The second kappa shape index (κ2) is 8.30. The number of sulfonamides is 1. The summed E-state index contributed by atoms with van der Waals surface area (Å²) in [5.41, 5.74) is 5.20. The fourth-order valence-corrected chi connectivity index (χ4v) is 4.24. The molecule has 0 spiro atoms. The van der Waals surface area contributed by atoms with Crippen LogP contribution < -0.4 is 15.2 Å². The number of ether oxygens (including phenoxy) is 1. The van der Waals surface area contributed by atoms with Crippen molar-refractivity contribution < 1.29 is 17.9 Å². The fraction of sp³-hybridized carbons (Fsp3) is 0.214. The molecule has 2 aromatic rings. The Balaban J connectivity index is 2.34. The molecule has 2 rings (SSSR count). The first kappa shape index (κ1) is 20.6. The summed E-state index contributed by atoms with van der Waals surface area (Å²) in [5.74, 6) is -0.732. The Kier molecular flexibility index (Phi) is 6.56. The van der Waals surface area contributed by atoms with E-state index in [-0.39, 0.29) is 26.6 Å². The molecule has 1 atom stereocenters. The number of nitrogens with zero attached hydrogens (tertiary/aromatic N) is 2. The van der Waals surface area contributed by atoms with Crippen molar-refractivity contribution in [3.05, 3.63) is 34.4 Å². The summed E-state index contributed by atoms with van der Waals surface area (Å²) in [6, 6.07) is 4.22. The number of halogens is 2. The summed E-state index contributed by atoms with van der Waals surface area (Å²) in [7, 11) is -2.77. The lowest BCUT2D eigenvalue weighted by Gasteiger charge is -2.13. The molecule has 1 amide bonds. The second-order valence-electron chi connectivity index (χ2n) is 4.89. The number of nitrogens with one attached hydrogen (secondary N) is 1. The van der Waals surface area contributed by atoms with Crippen LogP contribution >= 0.6 is 35.0 Å². The van der Waals surface area contributed by atoms with E-state index in [4.69, 9.17) is 33.7 Å². The van der Waals surface area contributed by atoms with Gasteiger partial charge in [-0.1, -0.05) is 41.0 Å². The molecule has 0 saturated heterocycles. The van der Waals surface area contributed by atoms with Gasteiger partial charge in [0.1, 0.15) is 9.92 Å². The highest BCUT2D eigenvalue weighted by Crippen LogP contribution is 2.32. The van der Waals surface area contributed by atoms with Gasteiger partial charge in [-0.3, -0.25) is 9.52 Å². The van der Waals surface area contributed by atoms with Gasteiger partial charge in [-0.25, -0.2) is 18.4 Å². The van der Waals surface area contributed by atoms with Crippen LogP contribution in [0.2, 0.25) is 10.0 Å². The van der Waals surface area contributed by atoms with Crippen LogP contribution in [0.5, 0.6) is 5.88 Å². The van der Waals surface area contributed by atoms with Gasteiger partial charge in [-0.05, 0) is 19.1 Å². The topological polar surface area (TPSA) is 124 Å². The number of benzene rings is 1. The van der Waals surface area contributed by atoms with Crippen LogP contribution in [0.1, 0.15) is 6.92 Å². The van der Waals surface area contributed by atoms with Crippen LogP contribution in [0, 0.1) is 0 Å². The van der Waals surface area contributed by atoms with Gasteiger partial charge in [-0.15, -0.1) is 0 Å². The number of amides is 1. The van der Waals surface area contributed by atoms with Gasteiger partial charge in [0.05, 0.1) is 28.6 Å². The highest BCUT2D eigenvalue weighted by Gasteiger charge is 2.23. The molecule has 0 aliphatic rings. The molecule has 140 valence electrons. The Bertz CT molecular complexity index is 941. The maximum absolute atomic E-state index is 12.6.